The van der Waals surface area contributed by atoms with Crippen LogP contribution in [0.1, 0.15) is 57.1 Å². The van der Waals surface area contributed by atoms with E-state index in [1.54, 1.807) is 14.0 Å². The van der Waals surface area contributed by atoms with E-state index in [4.69, 9.17) is 4.74 Å². The van der Waals surface area contributed by atoms with Gasteiger partial charge in [-0.25, -0.2) is 0 Å². The van der Waals surface area contributed by atoms with E-state index in [9.17, 15) is 4.79 Å². The van der Waals surface area contributed by atoms with Gasteiger partial charge < -0.3 is 4.74 Å². The number of ether oxygens (including phenoxy) is 1. The molecule has 0 bridgehead atoms. The standard InChI is InChI=1S/C16H22O2/c1-11(2)14-10-13(6-7-15(14)18-4)16(12(3)17)8-5-9-16/h6-7,10-11H,5,8-9H2,1-4H3. The lowest BCUT2D eigenvalue weighted by atomic mass is 9.62. The molecule has 98 valence electrons. The van der Waals surface area contributed by atoms with Gasteiger partial charge >= 0.3 is 0 Å². The molecule has 0 aliphatic heterocycles. The van der Waals surface area contributed by atoms with Crippen molar-refractivity contribution in [1.29, 1.82) is 0 Å². The zero-order valence-corrected chi connectivity index (χ0v) is 11.7. The van der Waals surface area contributed by atoms with Crippen LogP contribution in [0.3, 0.4) is 0 Å². The molecule has 1 aromatic carbocycles. The Balaban J connectivity index is 2.46. The number of benzene rings is 1. The van der Waals surface area contributed by atoms with Crippen LogP contribution >= 0.6 is 0 Å². The first kappa shape index (κ1) is 13.1. The molecule has 1 aliphatic carbocycles. The number of Topliss-reactive ketones (excluding diaryl/α,β-unsaturated/α-hetero) is 1. The molecule has 0 unspecified atom stereocenters. The highest BCUT2D eigenvalue weighted by Crippen LogP contribution is 2.46. The van der Waals surface area contributed by atoms with E-state index in [1.165, 1.54) is 11.1 Å². The number of methoxy groups -OCH3 is 1. The highest BCUT2D eigenvalue weighted by atomic mass is 16.5. The summed E-state index contributed by atoms with van der Waals surface area (Å²) in [7, 11) is 1.70. The van der Waals surface area contributed by atoms with Crippen LogP contribution in [0.4, 0.5) is 0 Å². The van der Waals surface area contributed by atoms with E-state index in [0.717, 1.165) is 25.0 Å². The zero-order chi connectivity index (χ0) is 13.3. The first-order chi connectivity index (χ1) is 8.51. The van der Waals surface area contributed by atoms with Crippen molar-refractivity contribution in [2.24, 2.45) is 0 Å². The zero-order valence-electron chi connectivity index (χ0n) is 11.7. The summed E-state index contributed by atoms with van der Waals surface area (Å²) in [6, 6.07) is 6.24. The molecule has 0 N–H and O–H groups in total. The molecule has 0 aromatic heterocycles. The van der Waals surface area contributed by atoms with E-state index < -0.39 is 0 Å². The monoisotopic (exact) mass is 246 g/mol. The van der Waals surface area contributed by atoms with Gasteiger partial charge in [0.15, 0.2) is 0 Å². The van der Waals surface area contributed by atoms with Gasteiger partial charge in [0.2, 0.25) is 0 Å². The van der Waals surface area contributed by atoms with Crippen molar-refractivity contribution >= 4 is 5.78 Å². The molecule has 0 spiro atoms. The van der Waals surface area contributed by atoms with Gasteiger partial charge in [0.25, 0.3) is 0 Å². The molecular formula is C16H22O2. The van der Waals surface area contributed by atoms with Gasteiger partial charge in [-0.3, -0.25) is 4.79 Å². The number of hydrogen-bond acceptors (Lipinski definition) is 2. The number of ketones is 1. The van der Waals surface area contributed by atoms with Crippen molar-refractivity contribution in [3.63, 3.8) is 0 Å². The summed E-state index contributed by atoms with van der Waals surface area (Å²) in [5, 5.41) is 0. The summed E-state index contributed by atoms with van der Waals surface area (Å²) < 4.78 is 5.40. The van der Waals surface area contributed by atoms with Crippen LogP contribution in [0.5, 0.6) is 5.75 Å². The average Bonchev–Trinajstić information content (AvgIpc) is 2.26. The molecule has 0 amide bonds. The second kappa shape index (κ2) is 4.75. The van der Waals surface area contributed by atoms with Gasteiger partial charge in [-0.2, -0.15) is 0 Å². The van der Waals surface area contributed by atoms with Crippen molar-refractivity contribution in [2.75, 3.05) is 7.11 Å². The fourth-order valence-corrected chi connectivity index (χ4v) is 2.86. The van der Waals surface area contributed by atoms with Crippen LogP contribution in [0, 0.1) is 0 Å². The van der Waals surface area contributed by atoms with Gasteiger partial charge in [0.05, 0.1) is 12.5 Å². The Kier molecular flexibility index (Phi) is 3.47. The Morgan fingerprint density at radius 1 is 1.33 bits per heavy atom. The molecule has 0 radical (unpaired) electrons. The summed E-state index contributed by atoms with van der Waals surface area (Å²) in [6.07, 6.45) is 3.14. The molecule has 2 heteroatoms. The fraction of sp³-hybridized carbons (Fsp3) is 0.562. The van der Waals surface area contributed by atoms with Crippen LogP contribution in [0.15, 0.2) is 18.2 Å². The minimum Gasteiger partial charge on any atom is -0.496 e. The second-order valence-electron chi connectivity index (χ2n) is 5.60. The molecule has 0 saturated heterocycles. The minimum absolute atomic E-state index is 0.212. The topological polar surface area (TPSA) is 26.3 Å². The van der Waals surface area contributed by atoms with Crippen molar-refractivity contribution in [3.8, 4) is 5.75 Å². The summed E-state index contributed by atoms with van der Waals surface area (Å²) in [6.45, 7) is 6.03. The van der Waals surface area contributed by atoms with Crippen LogP contribution in [0.2, 0.25) is 0 Å². The molecule has 0 atom stereocenters. The molecule has 2 rings (SSSR count). The van der Waals surface area contributed by atoms with E-state index in [0.29, 0.717) is 11.7 Å². The quantitative estimate of drug-likeness (QED) is 0.807. The molecule has 18 heavy (non-hydrogen) atoms. The minimum atomic E-state index is -0.212. The van der Waals surface area contributed by atoms with Gasteiger partial charge in [-0.15, -0.1) is 0 Å². The number of carbonyl (C=O) groups excluding carboxylic acids is 1. The first-order valence-electron chi connectivity index (χ1n) is 6.71. The Hall–Kier alpha value is -1.31. The highest BCUT2D eigenvalue weighted by Gasteiger charge is 2.43. The molecule has 1 aromatic rings. The largest absolute Gasteiger partial charge is 0.496 e. The molecule has 2 nitrogen and oxygen atoms in total. The van der Waals surface area contributed by atoms with Crippen LogP contribution < -0.4 is 4.74 Å². The van der Waals surface area contributed by atoms with Crippen molar-refractivity contribution in [3.05, 3.63) is 29.3 Å². The lowest BCUT2D eigenvalue weighted by molar-refractivity contribution is -0.125. The number of rotatable bonds is 4. The van der Waals surface area contributed by atoms with Gasteiger partial charge in [-0.1, -0.05) is 32.4 Å². The van der Waals surface area contributed by atoms with E-state index >= 15 is 0 Å². The van der Waals surface area contributed by atoms with Crippen LogP contribution in [0.25, 0.3) is 0 Å². The molecule has 1 aliphatic rings. The lowest BCUT2D eigenvalue weighted by Gasteiger charge is -2.40. The summed E-state index contributed by atoms with van der Waals surface area (Å²) in [4.78, 5) is 12.0. The van der Waals surface area contributed by atoms with Gasteiger partial charge in [-0.05, 0) is 42.9 Å². The maximum atomic E-state index is 12.0. The first-order valence-corrected chi connectivity index (χ1v) is 6.71. The number of carbonyl (C=O) groups is 1. The van der Waals surface area contributed by atoms with E-state index in [2.05, 4.69) is 26.0 Å². The van der Waals surface area contributed by atoms with Crippen LogP contribution in [-0.2, 0) is 10.2 Å². The summed E-state index contributed by atoms with van der Waals surface area (Å²) in [5.41, 5.74) is 2.16. The molecule has 1 saturated carbocycles. The molecule has 1 fully saturated rings. The lowest BCUT2D eigenvalue weighted by Crippen LogP contribution is -2.41. The summed E-state index contributed by atoms with van der Waals surface area (Å²) in [5.74, 6) is 1.63. The van der Waals surface area contributed by atoms with E-state index in [-0.39, 0.29) is 5.41 Å². The maximum absolute atomic E-state index is 12.0. The van der Waals surface area contributed by atoms with Crippen molar-refractivity contribution in [1.82, 2.24) is 0 Å². The van der Waals surface area contributed by atoms with Gasteiger partial charge in [0, 0.05) is 0 Å². The second-order valence-corrected chi connectivity index (χ2v) is 5.60. The smallest absolute Gasteiger partial charge is 0.140 e. The predicted octanol–water partition coefficient (Wildman–Crippen LogP) is 3.83. The average molecular weight is 246 g/mol. The van der Waals surface area contributed by atoms with Crippen LogP contribution in [-0.4, -0.2) is 12.9 Å². The third kappa shape index (κ3) is 1.94. The highest BCUT2D eigenvalue weighted by molar-refractivity contribution is 5.89. The van der Waals surface area contributed by atoms with E-state index in [1.807, 2.05) is 6.07 Å². The fourth-order valence-electron chi connectivity index (χ4n) is 2.86. The summed E-state index contributed by atoms with van der Waals surface area (Å²) >= 11 is 0. The SMILES string of the molecule is COc1ccc(C2(C(C)=O)CCC2)cc1C(C)C. The van der Waals surface area contributed by atoms with Crippen molar-refractivity contribution < 1.29 is 9.53 Å². The normalized spacial score (nSPS) is 17.4. The Morgan fingerprint density at radius 3 is 2.39 bits per heavy atom. The Bertz CT molecular complexity index is 456. The van der Waals surface area contributed by atoms with Crippen molar-refractivity contribution in [2.45, 2.75) is 51.4 Å². The van der Waals surface area contributed by atoms with Gasteiger partial charge in [0.1, 0.15) is 11.5 Å². The number of hydrogen-bond donors (Lipinski definition) is 0. The Morgan fingerprint density at radius 2 is 2.00 bits per heavy atom. The molecular weight excluding hydrogens is 224 g/mol. The predicted molar refractivity (Wildman–Crippen MR) is 73.3 cm³/mol. The Labute approximate surface area is 109 Å². The third-order valence-electron chi connectivity index (χ3n) is 4.29. The maximum Gasteiger partial charge on any atom is 0.140 e. The molecule has 0 heterocycles. The third-order valence-corrected chi connectivity index (χ3v) is 4.29.